The SMILES string of the molecule is COc1ccc(-c2nc(-c3ccc(-c4nc(C(F)(F)F)cn4C)cc3)no2)c(N2CCCNCC2)c1. The molecule has 0 radical (unpaired) electrons. The van der Waals surface area contributed by atoms with E-state index in [0.29, 0.717) is 22.8 Å². The summed E-state index contributed by atoms with van der Waals surface area (Å²) in [7, 11) is 3.16. The normalized spacial score (nSPS) is 14.6. The molecule has 1 saturated heterocycles. The van der Waals surface area contributed by atoms with Gasteiger partial charge in [-0.1, -0.05) is 29.4 Å². The summed E-state index contributed by atoms with van der Waals surface area (Å²) in [5.41, 5.74) is 2.06. The van der Waals surface area contributed by atoms with Crippen molar-refractivity contribution in [3.63, 3.8) is 0 Å². The van der Waals surface area contributed by atoms with Gasteiger partial charge in [-0.15, -0.1) is 0 Å². The van der Waals surface area contributed by atoms with Crippen LogP contribution in [0.1, 0.15) is 12.1 Å². The predicted molar refractivity (Wildman–Crippen MR) is 129 cm³/mol. The summed E-state index contributed by atoms with van der Waals surface area (Å²) in [6.45, 7) is 3.57. The molecule has 0 bridgehead atoms. The lowest BCUT2D eigenvalue weighted by Gasteiger charge is -2.24. The topological polar surface area (TPSA) is 81.2 Å². The number of benzene rings is 2. The molecule has 1 aliphatic rings. The summed E-state index contributed by atoms with van der Waals surface area (Å²) < 4.78 is 51.5. The van der Waals surface area contributed by atoms with Gasteiger partial charge in [0.25, 0.3) is 5.89 Å². The average Bonchev–Trinajstić information content (AvgIpc) is 3.43. The van der Waals surface area contributed by atoms with E-state index in [2.05, 4.69) is 25.3 Å². The first-order chi connectivity index (χ1) is 17.3. The van der Waals surface area contributed by atoms with Gasteiger partial charge in [-0.05, 0) is 25.1 Å². The zero-order valence-electron chi connectivity index (χ0n) is 19.8. The van der Waals surface area contributed by atoms with E-state index in [1.165, 1.54) is 11.6 Å². The largest absolute Gasteiger partial charge is 0.497 e. The van der Waals surface area contributed by atoms with Crippen molar-refractivity contribution in [3.05, 3.63) is 54.4 Å². The minimum atomic E-state index is -4.50. The standard InChI is InChI=1S/C25H25F3N6O2/c1-33-15-21(25(26,27)28)30-23(33)17-6-4-16(5-7-17)22-31-24(36-32-22)19-9-8-18(35-2)14-20(19)34-12-3-10-29-11-13-34/h4-9,14-15,29H,3,10-13H2,1-2H3. The van der Waals surface area contributed by atoms with Crippen LogP contribution in [0, 0.1) is 0 Å². The number of aryl methyl sites for hydroxylation is 1. The summed E-state index contributed by atoms with van der Waals surface area (Å²) in [6, 6.07) is 12.6. The lowest BCUT2D eigenvalue weighted by Crippen LogP contribution is -2.28. The lowest BCUT2D eigenvalue weighted by atomic mass is 10.1. The zero-order chi connectivity index (χ0) is 25.3. The monoisotopic (exact) mass is 498 g/mol. The van der Waals surface area contributed by atoms with Crippen molar-refractivity contribution in [2.45, 2.75) is 12.6 Å². The zero-order valence-corrected chi connectivity index (χ0v) is 19.8. The summed E-state index contributed by atoms with van der Waals surface area (Å²) in [5.74, 6) is 1.72. The third kappa shape index (κ3) is 4.78. The Hall–Kier alpha value is -3.86. The number of hydrogen-bond acceptors (Lipinski definition) is 7. The first-order valence-electron chi connectivity index (χ1n) is 11.5. The Morgan fingerprint density at radius 2 is 1.78 bits per heavy atom. The molecule has 1 N–H and O–H groups in total. The second-order valence-electron chi connectivity index (χ2n) is 8.53. The Morgan fingerprint density at radius 3 is 2.50 bits per heavy atom. The summed E-state index contributed by atoms with van der Waals surface area (Å²) in [4.78, 5) is 10.6. The van der Waals surface area contributed by atoms with E-state index in [0.717, 1.165) is 55.8 Å². The number of hydrogen-bond donors (Lipinski definition) is 1. The van der Waals surface area contributed by atoms with Crippen LogP contribution in [0.15, 0.2) is 53.2 Å². The van der Waals surface area contributed by atoms with Crippen LogP contribution < -0.4 is 15.0 Å². The number of aromatic nitrogens is 4. The second kappa shape index (κ2) is 9.65. The molecule has 4 aromatic rings. The van der Waals surface area contributed by atoms with E-state index in [1.54, 1.807) is 31.4 Å². The van der Waals surface area contributed by atoms with E-state index in [1.807, 2.05) is 18.2 Å². The summed E-state index contributed by atoms with van der Waals surface area (Å²) in [6.07, 6.45) is -2.51. The molecule has 2 aromatic carbocycles. The van der Waals surface area contributed by atoms with E-state index in [9.17, 15) is 13.2 Å². The molecule has 8 nitrogen and oxygen atoms in total. The number of imidazole rings is 1. The van der Waals surface area contributed by atoms with Gasteiger partial charge in [-0.3, -0.25) is 0 Å². The van der Waals surface area contributed by atoms with Gasteiger partial charge in [0.05, 0.1) is 18.4 Å². The van der Waals surface area contributed by atoms with Crippen LogP contribution in [0.4, 0.5) is 18.9 Å². The third-order valence-electron chi connectivity index (χ3n) is 6.11. The van der Waals surface area contributed by atoms with Crippen LogP contribution in [0.5, 0.6) is 5.75 Å². The number of halogens is 3. The lowest BCUT2D eigenvalue weighted by molar-refractivity contribution is -0.140. The molecular weight excluding hydrogens is 473 g/mol. The van der Waals surface area contributed by atoms with Gasteiger partial charge in [0, 0.05) is 50.1 Å². The van der Waals surface area contributed by atoms with Gasteiger partial charge < -0.3 is 24.0 Å². The van der Waals surface area contributed by atoms with Crippen molar-refractivity contribution >= 4 is 5.69 Å². The Morgan fingerprint density at radius 1 is 1.00 bits per heavy atom. The molecule has 2 aromatic heterocycles. The highest BCUT2D eigenvalue weighted by atomic mass is 19.4. The van der Waals surface area contributed by atoms with Gasteiger partial charge in [0.2, 0.25) is 5.82 Å². The quantitative estimate of drug-likeness (QED) is 0.430. The van der Waals surface area contributed by atoms with E-state index < -0.39 is 11.9 Å². The van der Waals surface area contributed by atoms with Crippen LogP contribution in [-0.2, 0) is 13.2 Å². The van der Waals surface area contributed by atoms with E-state index >= 15 is 0 Å². The smallest absolute Gasteiger partial charge is 0.434 e. The number of anilines is 1. The molecular formula is C25H25F3N6O2. The number of rotatable bonds is 5. The molecule has 0 aliphatic carbocycles. The minimum absolute atomic E-state index is 0.220. The molecule has 0 unspecified atom stereocenters. The first kappa shape index (κ1) is 23.9. The van der Waals surface area contributed by atoms with E-state index in [-0.39, 0.29) is 5.82 Å². The van der Waals surface area contributed by atoms with Crippen molar-refractivity contribution in [1.29, 1.82) is 0 Å². The second-order valence-corrected chi connectivity index (χ2v) is 8.53. The molecule has 0 spiro atoms. The highest BCUT2D eigenvalue weighted by Crippen LogP contribution is 2.35. The Labute approximate surface area is 205 Å². The molecule has 0 saturated carbocycles. The van der Waals surface area contributed by atoms with Gasteiger partial charge in [0.1, 0.15) is 11.6 Å². The minimum Gasteiger partial charge on any atom is -0.497 e. The van der Waals surface area contributed by atoms with Crippen LogP contribution in [0.2, 0.25) is 0 Å². The number of nitrogens with zero attached hydrogens (tertiary/aromatic N) is 5. The maximum absolute atomic E-state index is 13.0. The number of ether oxygens (including phenoxy) is 1. The Kier molecular flexibility index (Phi) is 6.40. The Bertz CT molecular complexity index is 1340. The molecule has 5 rings (SSSR count). The van der Waals surface area contributed by atoms with Gasteiger partial charge in [-0.25, -0.2) is 4.98 Å². The van der Waals surface area contributed by atoms with Gasteiger partial charge in [-0.2, -0.15) is 18.2 Å². The van der Waals surface area contributed by atoms with Crippen molar-refractivity contribution < 1.29 is 22.4 Å². The number of methoxy groups -OCH3 is 1. The Balaban J connectivity index is 1.43. The maximum Gasteiger partial charge on any atom is 0.434 e. The van der Waals surface area contributed by atoms with Crippen LogP contribution in [0.3, 0.4) is 0 Å². The van der Waals surface area contributed by atoms with Crippen LogP contribution in [0.25, 0.3) is 34.2 Å². The molecule has 1 fully saturated rings. The molecule has 11 heteroatoms. The molecule has 0 atom stereocenters. The van der Waals surface area contributed by atoms with Crippen molar-refractivity contribution in [3.8, 4) is 40.0 Å². The molecule has 0 amide bonds. The van der Waals surface area contributed by atoms with Crippen LogP contribution in [-0.4, -0.2) is 53.0 Å². The molecule has 36 heavy (non-hydrogen) atoms. The average molecular weight is 499 g/mol. The van der Waals surface area contributed by atoms with Crippen molar-refractivity contribution in [2.24, 2.45) is 7.05 Å². The highest BCUT2D eigenvalue weighted by molar-refractivity contribution is 5.76. The fraction of sp³-hybridized carbons (Fsp3) is 0.320. The van der Waals surface area contributed by atoms with Gasteiger partial charge in [0.15, 0.2) is 5.69 Å². The fourth-order valence-corrected chi connectivity index (χ4v) is 4.26. The fourth-order valence-electron chi connectivity index (χ4n) is 4.26. The van der Waals surface area contributed by atoms with Gasteiger partial charge >= 0.3 is 6.18 Å². The van der Waals surface area contributed by atoms with Crippen LogP contribution >= 0.6 is 0 Å². The first-order valence-corrected chi connectivity index (χ1v) is 11.5. The summed E-state index contributed by atoms with van der Waals surface area (Å²) in [5, 5.41) is 7.55. The van der Waals surface area contributed by atoms with E-state index in [4.69, 9.17) is 9.26 Å². The number of nitrogens with one attached hydrogen (secondary N) is 1. The summed E-state index contributed by atoms with van der Waals surface area (Å²) >= 11 is 0. The third-order valence-corrected chi connectivity index (χ3v) is 6.11. The number of alkyl halides is 3. The van der Waals surface area contributed by atoms with Crippen molar-refractivity contribution in [1.82, 2.24) is 25.0 Å². The maximum atomic E-state index is 13.0. The predicted octanol–water partition coefficient (Wildman–Crippen LogP) is 4.63. The molecule has 188 valence electrons. The highest BCUT2D eigenvalue weighted by Gasteiger charge is 2.34. The molecule has 3 heterocycles. The van der Waals surface area contributed by atoms with Crippen molar-refractivity contribution in [2.75, 3.05) is 38.2 Å². The molecule has 1 aliphatic heterocycles.